The minimum atomic E-state index is -0.308. The molecule has 0 bridgehead atoms. The van der Waals surface area contributed by atoms with E-state index in [9.17, 15) is 4.79 Å². The third kappa shape index (κ3) is 3.83. The van der Waals surface area contributed by atoms with E-state index in [0.717, 1.165) is 22.7 Å². The number of ether oxygens (including phenoxy) is 1. The summed E-state index contributed by atoms with van der Waals surface area (Å²) in [7, 11) is 0. The monoisotopic (exact) mass is 342 g/mol. The fourth-order valence-corrected chi connectivity index (χ4v) is 3.11. The second kappa shape index (κ2) is 7.31. The number of nitrogens with one attached hydrogen (secondary N) is 1. The molecule has 2 heterocycles. The van der Waals surface area contributed by atoms with Gasteiger partial charge in [-0.25, -0.2) is 4.98 Å². The van der Waals surface area contributed by atoms with Gasteiger partial charge in [0.1, 0.15) is 18.1 Å². The molecule has 3 rings (SSSR count). The summed E-state index contributed by atoms with van der Waals surface area (Å²) in [5.41, 5.74) is 1.01. The SMILES string of the molecule is CCc1nc(NC(=O)c2ccc(COc3ccccc3)o2)sc1C. The van der Waals surface area contributed by atoms with Crippen LogP contribution in [0, 0.1) is 6.92 Å². The Balaban J connectivity index is 1.60. The summed E-state index contributed by atoms with van der Waals surface area (Å²) in [5.74, 6) is 1.28. The molecular formula is C18H18N2O3S. The number of hydrogen-bond donors (Lipinski definition) is 1. The van der Waals surface area contributed by atoms with E-state index >= 15 is 0 Å². The molecule has 6 heteroatoms. The Morgan fingerprint density at radius 3 is 2.75 bits per heavy atom. The van der Waals surface area contributed by atoms with Gasteiger partial charge in [0.15, 0.2) is 10.9 Å². The average Bonchev–Trinajstić information content (AvgIpc) is 3.20. The molecule has 5 nitrogen and oxygen atoms in total. The summed E-state index contributed by atoms with van der Waals surface area (Å²) >= 11 is 1.47. The lowest BCUT2D eigenvalue weighted by Crippen LogP contribution is -2.10. The van der Waals surface area contributed by atoms with Gasteiger partial charge < -0.3 is 9.15 Å². The molecule has 0 fully saturated rings. The molecule has 0 spiro atoms. The zero-order valence-electron chi connectivity index (χ0n) is 13.5. The van der Waals surface area contributed by atoms with Crippen molar-refractivity contribution in [2.45, 2.75) is 26.9 Å². The summed E-state index contributed by atoms with van der Waals surface area (Å²) in [4.78, 5) is 17.7. The minimum absolute atomic E-state index is 0.243. The van der Waals surface area contributed by atoms with Gasteiger partial charge in [0, 0.05) is 4.88 Å². The van der Waals surface area contributed by atoms with E-state index in [1.165, 1.54) is 11.3 Å². The maximum Gasteiger partial charge on any atom is 0.293 e. The van der Waals surface area contributed by atoms with E-state index in [-0.39, 0.29) is 18.3 Å². The van der Waals surface area contributed by atoms with Crippen LogP contribution < -0.4 is 10.1 Å². The van der Waals surface area contributed by atoms with Gasteiger partial charge in [-0.1, -0.05) is 25.1 Å². The Kier molecular flexibility index (Phi) is 4.96. The topological polar surface area (TPSA) is 64.4 Å². The van der Waals surface area contributed by atoms with Crippen LogP contribution in [-0.2, 0) is 13.0 Å². The first-order chi connectivity index (χ1) is 11.7. The van der Waals surface area contributed by atoms with Gasteiger partial charge in [-0.2, -0.15) is 0 Å². The number of nitrogens with zero attached hydrogens (tertiary/aromatic N) is 1. The van der Waals surface area contributed by atoms with Crippen molar-refractivity contribution in [1.29, 1.82) is 0 Å². The summed E-state index contributed by atoms with van der Waals surface area (Å²) in [6, 6.07) is 12.8. The number of carbonyl (C=O) groups excluding carboxylic acids is 1. The molecule has 2 aromatic heterocycles. The zero-order chi connectivity index (χ0) is 16.9. The van der Waals surface area contributed by atoms with Gasteiger partial charge in [0.2, 0.25) is 0 Å². The zero-order valence-corrected chi connectivity index (χ0v) is 14.4. The van der Waals surface area contributed by atoms with Crippen molar-refractivity contribution in [1.82, 2.24) is 4.98 Å². The molecule has 0 aliphatic carbocycles. The molecule has 0 unspecified atom stereocenters. The van der Waals surface area contributed by atoms with Crippen molar-refractivity contribution in [3.05, 3.63) is 64.6 Å². The highest BCUT2D eigenvalue weighted by molar-refractivity contribution is 7.15. The Morgan fingerprint density at radius 2 is 2.04 bits per heavy atom. The fourth-order valence-electron chi connectivity index (χ4n) is 2.22. The second-order valence-corrected chi connectivity index (χ2v) is 6.40. The summed E-state index contributed by atoms with van der Waals surface area (Å²) in [6.07, 6.45) is 0.847. The van der Waals surface area contributed by atoms with Gasteiger partial charge >= 0.3 is 0 Å². The third-order valence-electron chi connectivity index (χ3n) is 3.46. The molecule has 124 valence electrons. The fraction of sp³-hybridized carbons (Fsp3) is 0.222. The number of anilines is 1. The van der Waals surface area contributed by atoms with E-state index in [2.05, 4.69) is 10.3 Å². The van der Waals surface area contributed by atoms with Crippen molar-refractivity contribution in [2.75, 3.05) is 5.32 Å². The van der Waals surface area contributed by atoms with Crippen LogP contribution in [0.5, 0.6) is 5.75 Å². The summed E-state index contributed by atoms with van der Waals surface area (Å²) < 4.78 is 11.1. The number of rotatable bonds is 6. The highest BCUT2D eigenvalue weighted by Gasteiger charge is 2.14. The molecular weight excluding hydrogens is 324 g/mol. The number of para-hydroxylation sites is 1. The van der Waals surface area contributed by atoms with Crippen molar-refractivity contribution in [3.63, 3.8) is 0 Å². The average molecular weight is 342 g/mol. The van der Waals surface area contributed by atoms with Crippen LogP contribution in [-0.4, -0.2) is 10.9 Å². The summed E-state index contributed by atoms with van der Waals surface area (Å²) in [5, 5.41) is 3.37. The first-order valence-corrected chi connectivity index (χ1v) is 8.51. The standard InChI is InChI=1S/C18H18N2O3S/c1-3-15-12(2)24-18(19-15)20-17(21)16-10-9-14(23-16)11-22-13-7-5-4-6-8-13/h4-10H,3,11H2,1-2H3,(H,19,20,21). The van der Waals surface area contributed by atoms with Gasteiger partial charge in [-0.05, 0) is 37.6 Å². The molecule has 1 amide bonds. The number of hydrogen-bond acceptors (Lipinski definition) is 5. The highest BCUT2D eigenvalue weighted by atomic mass is 32.1. The van der Waals surface area contributed by atoms with Gasteiger partial charge in [0.05, 0.1) is 5.69 Å². The predicted octanol–water partition coefficient (Wildman–Crippen LogP) is 4.44. The molecule has 0 radical (unpaired) electrons. The summed E-state index contributed by atoms with van der Waals surface area (Å²) in [6.45, 7) is 4.31. The first-order valence-electron chi connectivity index (χ1n) is 7.70. The van der Waals surface area contributed by atoms with E-state index in [1.807, 2.05) is 44.2 Å². The maximum absolute atomic E-state index is 12.2. The normalized spacial score (nSPS) is 10.6. The largest absolute Gasteiger partial charge is 0.486 e. The molecule has 0 saturated heterocycles. The highest BCUT2D eigenvalue weighted by Crippen LogP contribution is 2.23. The predicted molar refractivity (Wildman–Crippen MR) is 93.7 cm³/mol. The van der Waals surface area contributed by atoms with E-state index < -0.39 is 0 Å². The third-order valence-corrected chi connectivity index (χ3v) is 4.39. The Hall–Kier alpha value is -2.60. The molecule has 0 aliphatic rings. The number of furan rings is 1. The second-order valence-electron chi connectivity index (χ2n) is 5.20. The molecule has 0 aliphatic heterocycles. The van der Waals surface area contributed by atoms with Crippen LogP contribution in [0.1, 0.15) is 33.8 Å². The number of thiazole rings is 1. The van der Waals surface area contributed by atoms with Crippen molar-refractivity contribution < 1.29 is 13.9 Å². The van der Waals surface area contributed by atoms with Gasteiger partial charge in [-0.15, -0.1) is 11.3 Å². The molecule has 0 atom stereocenters. The van der Waals surface area contributed by atoms with Crippen molar-refractivity contribution in [2.24, 2.45) is 0 Å². The lowest BCUT2D eigenvalue weighted by Gasteiger charge is -2.03. The van der Waals surface area contributed by atoms with Crippen LogP contribution in [0.15, 0.2) is 46.9 Å². The van der Waals surface area contributed by atoms with Crippen molar-refractivity contribution in [3.8, 4) is 5.75 Å². The smallest absolute Gasteiger partial charge is 0.293 e. The lowest BCUT2D eigenvalue weighted by molar-refractivity contribution is 0.0992. The van der Waals surface area contributed by atoms with E-state index in [0.29, 0.717) is 10.9 Å². The van der Waals surface area contributed by atoms with E-state index in [4.69, 9.17) is 9.15 Å². The molecule has 1 aromatic carbocycles. The van der Waals surface area contributed by atoms with Crippen molar-refractivity contribution >= 4 is 22.4 Å². The number of amides is 1. The Labute approximate surface area is 144 Å². The number of carbonyl (C=O) groups is 1. The molecule has 3 aromatic rings. The number of aromatic nitrogens is 1. The number of aryl methyl sites for hydroxylation is 2. The van der Waals surface area contributed by atoms with E-state index in [1.54, 1.807) is 12.1 Å². The Bertz CT molecular complexity index is 824. The molecule has 0 saturated carbocycles. The lowest BCUT2D eigenvalue weighted by atomic mass is 10.3. The van der Waals surface area contributed by atoms with Crippen LogP contribution in [0.4, 0.5) is 5.13 Å². The first kappa shape index (κ1) is 16.3. The van der Waals surface area contributed by atoms with Crippen LogP contribution in [0.3, 0.4) is 0 Å². The molecule has 1 N–H and O–H groups in total. The minimum Gasteiger partial charge on any atom is -0.486 e. The van der Waals surface area contributed by atoms with Crippen LogP contribution in [0.2, 0.25) is 0 Å². The Morgan fingerprint density at radius 1 is 1.25 bits per heavy atom. The molecule has 24 heavy (non-hydrogen) atoms. The van der Waals surface area contributed by atoms with Crippen LogP contribution in [0.25, 0.3) is 0 Å². The van der Waals surface area contributed by atoms with Gasteiger partial charge in [-0.3, -0.25) is 10.1 Å². The van der Waals surface area contributed by atoms with Crippen LogP contribution >= 0.6 is 11.3 Å². The quantitative estimate of drug-likeness (QED) is 0.719. The number of benzene rings is 1. The maximum atomic E-state index is 12.2. The van der Waals surface area contributed by atoms with Gasteiger partial charge in [0.25, 0.3) is 5.91 Å².